The predicted octanol–water partition coefficient (Wildman–Crippen LogP) is 5.43. The SMILES string of the molecule is C[C@@H](OC[C@@]1(c2ccccc2)CC[C@](CC#N)(n2cnnc2)CN1)c1cc(CF)cc(C(F)(F)F)c1. The van der Waals surface area contributed by atoms with Gasteiger partial charge in [-0.05, 0) is 48.6 Å². The molecule has 0 saturated carbocycles. The molecule has 0 spiro atoms. The van der Waals surface area contributed by atoms with E-state index in [4.69, 9.17) is 4.74 Å². The number of hydrogen-bond donors (Lipinski definition) is 1. The number of halogens is 4. The minimum atomic E-state index is -4.58. The number of nitrogens with zero attached hydrogens (tertiary/aromatic N) is 4. The summed E-state index contributed by atoms with van der Waals surface area (Å²) in [5.74, 6) is 0. The highest BCUT2D eigenvalue weighted by Gasteiger charge is 2.45. The smallest absolute Gasteiger partial charge is 0.372 e. The normalized spacial score (nSPS) is 23.2. The van der Waals surface area contributed by atoms with Crippen LogP contribution >= 0.6 is 0 Å². The Labute approximate surface area is 206 Å². The van der Waals surface area contributed by atoms with Crippen molar-refractivity contribution < 1.29 is 22.3 Å². The van der Waals surface area contributed by atoms with Crippen LogP contribution in [0, 0.1) is 11.3 Å². The molecule has 4 rings (SSSR count). The Morgan fingerprint density at radius 2 is 1.86 bits per heavy atom. The second-order valence-electron chi connectivity index (χ2n) is 9.28. The zero-order valence-electron chi connectivity index (χ0n) is 19.8. The van der Waals surface area contributed by atoms with Gasteiger partial charge in [0.25, 0.3) is 0 Å². The lowest BCUT2D eigenvalue weighted by Crippen LogP contribution is -2.58. The van der Waals surface area contributed by atoms with Gasteiger partial charge in [0.2, 0.25) is 0 Å². The zero-order chi connectivity index (χ0) is 25.8. The third-order valence-electron chi connectivity index (χ3n) is 7.02. The van der Waals surface area contributed by atoms with Crippen molar-refractivity contribution in [1.82, 2.24) is 20.1 Å². The number of aromatic nitrogens is 3. The van der Waals surface area contributed by atoms with E-state index in [0.717, 1.165) is 17.7 Å². The van der Waals surface area contributed by atoms with Crippen LogP contribution in [0.5, 0.6) is 0 Å². The summed E-state index contributed by atoms with van der Waals surface area (Å²) < 4.78 is 61.4. The number of benzene rings is 2. The van der Waals surface area contributed by atoms with Crippen LogP contribution in [0.4, 0.5) is 17.6 Å². The van der Waals surface area contributed by atoms with Gasteiger partial charge in [0.05, 0.1) is 41.8 Å². The summed E-state index contributed by atoms with van der Waals surface area (Å²) in [5, 5.41) is 20.9. The number of hydrogen-bond acceptors (Lipinski definition) is 5. The van der Waals surface area contributed by atoms with Crippen LogP contribution in [0.15, 0.2) is 61.2 Å². The molecule has 0 bridgehead atoms. The molecule has 3 aromatic rings. The predicted molar refractivity (Wildman–Crippen MR) is 124 cm³/mol. The molecule has 2 aromatic carbocycles. The molecule has 1 fully saturated rings. The molecule has 2 heterocycles. The summed E-state index contributed by atoms with van der Waals surface area (Å²) >= 11 is 0. The molecular weight excluding hydrogens is 474 g/mol. The standard InChI is InChI=1S/C26H27F4N5O/c1-19(21-11-20(14-27)12-23(13-21)26(28,29)30)36-16-25(22-5-3-2-4-6-22)8-7-24(9-10-31,15-32-25)35-17-33-34-18-35/h2-6,11-13,17-19,32H,7-9,14-16H2,1H3/t19-,24-,25-/m1/s1. The number of alkyl halides is 4. The van der Waals surface area contributed by atoms with Crippen molar-refractivity contribution in [2.75, 3.05) is 13.2 Å². The van der Waals surface area contributed by atoms with Crippen molar-refractivity contribution in [2.45, 2.75) is 56.2 Å². The first-order valence-corrected chi connectivity index (χ1v) is 11.6. The van der Waals surface area contributed by atoms with Crippen molar-refractivity contribution in [2.24, 2.45) is 0 Å². The molecule has 190 valence electrons. The Morgan fingerprint density at radius 3 is 2.44 bits per heavy atom. The Hall–Kier alpha value is -3.29. The van der Waals surface area contributed by atoms with E-state index in [1.807, 2.05) is 34.9 Å². The first-order chi connectivity index (χ1) is 17.2. The maximum absolute atomic E-state index is 13.4. The van der Waals surface area contributed by atoms with Crippen LogP contribution in [0.3, 0.4) is 0 Å². The Bertz CT molecular complexity index is 1180. The van der Waals surface area contributed by atoms with E-state index < -0.39 is 35.6 Å². The van der Waals surface area contributed by atoms with Gasteiger partial charge in [-0.1, -0.05) is 36.4 Å². The fourth-order valence-corrected chi connectivity index (χ4v) is 4.78. The van der Waals surface area contributed by atoms with Crippen molar-refractivity contribution in [3.8, 4) is 6.07 Å². The zero-order valence-corrected chi connectivity index (χ0v) is 19.8. The molecule has 1 aliphatic heterocycles. The maximum atomic E-state index is 13.4. The minimum Gasteiger partial charge on any atom is -0.372 e. The first-order valence-electron chi connectivity index (χ1n) is 11.6. The monoisotopic (exact) mass is 501 g/mol. The van der Waals surface area contributed by atoms with E-state index in [1.54, 1.807) is 19.6 Å². The first kappa shape index (κ1) is 25.8. The topological polar surface area (TPSA) is 75.8 Å². The number of piperidine rings is 1. The van der Waals surface area contributed by atoms with E-state index >= 15 is 0 Å². The third kappa shape index (κ3) is 5.27. The molecular formula is C26H27F4N5O. The quantitative estimate of drug-likeness (QED) is 0.417. The van der Waals surface area contributed by atoms with Crippen LogP contribution in [0.1, 0.15) is 54.5 Å². The van der Waals surface area contributed by atoms with E-state index in [0.29, 0.717) is 19.4 Å². The van der Waals surface area contributed by atoms with Crippen molar-refractivity contribution in [3.63, 3.8) is 0 Å². The van der Waals surface area contributed by atoms with Gasteiger partial charge in [0.1, 0.15) is 19.3 Å². The molecule has 0 radical (unpaired) electrons. The van der Waals surface area contributed by atoms with Crippen LogP contribution in [0.2, 0.25) is 0 Å². The molecule has 36 heavy (non-hydrogen) atoms. The highest BCUT2D eigenvalue weighted by molar-refractivity contribution is 5.33. The molecule has 0 aliphatic carbocycles. The Balaban J connectivity index is 1.59. The Kier molecular flexibility index (Phi) is 7.43. The van der Waals surface area contributed by atoms with Crippen molar-refractivity contribution in [3.05, 3.63) is 83.4 Å². The summed E-state index contributed by atoms with van der Waals surface area (Å²) in [4.78, 5) is 0. The van der Waals surface area contributed by atoms with E-state index in [9.17, 15) is 22.8 Å². The molecule has 3 atom stereocenters. The number of nitriles is 1. The van der Waals surface area contributed by atoms with E-state index in [-0.39, 0.29) is 24.2 Å². The molecule has 0 amide bonds. The molecule has 0 unspecified atom stereocenters. The molecule has 1 aromatic heterocycles. The van der Waals surface area contributed by atoms with Crippen LogP contribution < -0.4 is 5.32 Å². The summed E-state index contributed by atoms with van der Waals surface area (Å²) in [6.07, 6.45) is -0.593. The van der Waals surface area contributed by atoms with Gasteiger partial charge in [-0.15, -0.1) is 10.2 Å². The molecule has 1 saturated heterocycles. The van der Waals surface area contributed by atoms with Gasteiger partial charge in [0, 0.05) is 6.54 Å². The molecule has 1 N–H and O–H groups in total. The van der Waals surface area contributed by atoms with Gasteiger partial charge in [0.15, 0.2) is 0 Å². The second kappa shape index (κ2) is 10.4. The molecule has 10 heteroatoms. The summed E-state index contributed by atoms with van der Waals surface area (Å²) in [6, 6.07) is 15.2. The summed E-state index contributed by atoms with van der Waals surface area (Å²) in [6.45, 7) is 1.28. The average Bonchev–Trinajstić information content (AvgIpc) is 3.44. The lowest BCUT2D eigenvalue weighted by atomic mass is 9.75. The van der Waals surface area contributed by atoms with Gasteiger partial charge in [-0.25, -0.2) is 4.39 Å². The largest absolute Gasteiger partial charge is 0.416 e. The average molecular weight is 502 g/mol. The van der Waals surface area contributed by atoms with Crippen LogP contribution in [0.25, 0.3) is 0 Å². The van der Waals surface area contributed by atoms with E-state index in [2.05, 4.69) is 21.6 Å². The van der Waals surface area contributed by atoms with Crippen LogP contribution in [-0.2, 0) is 28.7 Å². The Morgan fingerprint density at radius 1 is 1.14 bits per heavy atom. The summed E-state index contributed by atoms with van der Waals surface area (Å²) in [5.41, 5.74) is -0.863. The maximum Gasteiger partial charge on any atom is 0.416 e. The van der Waals surface area contributed by atoms with Crippen LogP contribution in [-0.4, -0.2) is 27.9 Å². The number of nitrogens with one attached hydrogen (secondary N) is 1. The fourth-order valence-electron chi connectivity index (χ4n) is 4.78. The minimum absolute atomic E-state index is 0.0425. The third-order valence-corrected chi connectivity index (χ3v) is 7.02. The van der Waals surface area contributed by atoms with Crippen molar-refractivity contribution in [1.29, 1.82) is 5.26 Å². The highest BCUT2D eigenvalue weighted by Crippen LogP contribution is 2.40. The fraction of sp³-hybridized carbons (Fsp3) is 0.423. The highest BCUT2D eigenvalue weighted by atomic mass is 19.4. The summed E-state index contributed by atoms with van der Waals surface area (Å²) in [7, 11) is 0. The molecule has 1 aliphatic rings. The van der Waals surface area contributed by atoms with Gasteiger partial charge in [-0.2, -0.15) is 18.4 Å². The lowest BCUT2D eigenvalue weighted by Gasteiger charge is -2.47. The van der Waals surface area contributed by atoms with Gasteiger partial charge >= 0.3 is 6.18 Å². The number of rotatable bonds is 8. The van der Waals surface area contributed by atoms with Gasteiger partial charge < -0.3 is 14.6 Å². The lowest BCUT2D eigenvalue weighted by molar-refractivity contribution is -0.137. The van der Waals surface area contributed by atoms with Crippen molar-refractivity contribution >= 4 is 0 Å². The number of ether oxygens (including phenoxy) is 1. The van der Waals surface area contributed by atoms with E-state index in [1.165, 1.54) is 6.07 Å². The molecule has 6 nitrogen and oxygen atoms in total. The van der Waals surface area contributed by atoms with Gasteiger partial charge in [-0.3, -0.25) is 0 Å². The second-order valence-corrected chi connectivity index (χ2v) is 9.28.